The number of hydrogen-bond acceptors (Lipinski definition) is 5. The van der Waals surface area contributed by atoms with Crippen molar-refractivity contribution in [2.75, 3.05) is 13.2 Å². The highest BCUT2D eigenvalue weighted by molar-refractivity contribution is 4.77. The lowest BCUT2D eigenvalue weighted by molar-refractivity contribution is -0.116. The quantitative estimate of drug-likeness (QED) is 0.266. The van der Waals surface area contributed by atoms with Crippen LogP contribution in [0.5, 0.6) is 0 Å². The molecule has 0 aromatic rings. The second-order valence-corrected chi connectivity index (χ2v) is 1.85. The molecular weight excluding hydrogens is 126 g/mol. The third-order valence-corrected chi connectivity index (χ3v) is 1.00. The summed E-state index contributed by atoms with van der Waals surface area (Å²) in [6.07, 6.45) is -1.50. The highest BCUT2D eigenvalue weighted by Gasteiger charge is 2.29. The molecule has 0 saturated heterocycles. The van der Waals surface area contributed by atoms with E-state index in [9.17, 15) is 0 Å². The summed E-state index contributed by atoms with van der Waals surface area (Å²) in [6.45, 7) is -1.46. The van der Waals surface area contributed by atoms with Gasteiger partial charge in [0.05, 0.1) is 13.2 Å². The van der Waals surface area contributed by atoms with E-state index in [-0.39, 0.29) is 0 Å². The third kappa shape index (κ3) is 2.25. The molecule has 5 nitrogen and oxygen atoms in total. The van der Waals surface area contributed by atoms with Crippen LogP contribution >= 0.6 is 0 Å². The molecule has 2 atom stereocenters. The maximum absolute atomic E-state index is 8.71. The van der Waals surface area contributed by atoms with Crippen molar-refractivity contribution >= 4 is 0 Å². The Labute approximate surface area is 52.4 Å². The summed E-state index contributed by atoms with van der Waals surface area (Å²) >= 11 is 0. The van der Waals surface area contributed by atoms with Gasteiger partial charge < -0.3 is 20.4 Å². The van der Waals surface area contributed by atoms with Crippen LogP contribution in [0.4, 0.5) is 0 Å². The maximum atomic E-state index is 8.71. The minimum Gasteiger partial charge on any atom is -0.394 e. The van der Waals surface area contributed by atoms with Crippen molar-refractivity contribution in [3.8, 4) is 0 Å². The Morgan fingerprint density at radius 2 is 1.89 bits per heavy atom. The number of aliphatic hydroxyl groups is 4. The summed E-state index contributed by atoms with van der Waals surface area (Å²) in [5.41, 5.74) is 2.78. The molecule has 5 heteroatoms. The second kappa shape index (κ2) is 3.09. The van der Waals surface area contributed by atoms with E-state index >= 15 is 0 Å². The van der Waals surface area contributed by atoms with Gasteiger partial charge in [-0.3, -0.25) is 5.73 Å². The Bertz CT molecular complexity index is 84.6. The van der Waals surface area contributed by atoms with Crippen LogP contribution in [0.25, 0.3) is 0 Å². The molecule has 0 radical (unpaired) electrons. The van der Waals surface area contributed by atoms with Crippen molar-refractivity contribution in [3.05, 3.63) is 0 Å². The van der Waals surface area contributed by atoms with Crippen molar-refractivity contribution in [2.45, 2.75) is 11.8 Å². The average molecular weight is 137 g/mol. The Kier molecular flexibility index (Phi) is 3.02. The van der Waals surface area contributed by atoms with Crippen LogP contribution in [0.3, 0.4) is 0 Å². The summed E-state index contributed by atoms with van der Waals surface area (Å²) in [4.78, 5) is 0. The van der Waals surface area contributed by atoms with Crippen LogP contribution in [0, 0.1) is 0 Å². The fourth-order valence-electron chi connectivity index (χ4n) is 0.263. The second-order valence-electron chi connectivity index (χ2n) is 1.85. The summed E-state index contributed by atoms with van der Waals surface area (Å²) in [6, 6.07) is 0. The average Bonchev–Trinajstić information content (AvgIpc) is 1.86. The Morgan fingerprint density at radius 1 is 1.44 bits per heavy atom. The number of aliphatic hydroxyl groups excluding tert-OH is 3. The zero-order valence-electron chi connectivity index (χ0n) is 4.86. The zero-order chi connectivity index (χ0) is 7.49. The minimum absolute atomic E-state index is 0.673. The van der Waals surface area contributed by atoms with Gasteiger partial charge in [0.15, 0.2) is 5.72 Å². The molecule has 56 valence electrons. The van der Waals surface area contributed by atoms with Gasteiger partial charge in [-0.1, -0.05) is 0 Å². The summed E-state index contributed by atoms with van der Waals surface area (Å²) in [5, 5.41) is 33.8. The summed E-state index contributed by atoms with van der Waals surface area (Å²) < 4.78 is 0. The van der Waals surface area contributed by atoms with Crippen LogP contribution in [-0.4, -0.2) is 45.5 Å². The van der Waals surface area contributed by atoms with Gasteiger partial charge in [-0.05, 0) is 0 Å². The Morgan fingerprint density at radius 3 is 2.00 bits per heavy atom. The normalized spacial score (nSPS) is 21.0. The first-order valence-electron chi connectivity index (χ1n) is 2.45. The van der Waals surface area contributed by atoms with E-state index in [2.05, 4.69) is 0 Å². The highest BCUT2D eigenvalue weighted by Crippen LogP contribution is 1.99. The molecule has 6 N–H and O–H groups in total. The van der Waals surface area contributed by atoms with Crippen LogP contribution in [0.1, 0.15) is 0 Å². The monoisotopic (exact) mass is 137 g/mol. The number of nitrogens with two attached hydrogens (primary N) is 1. The molecule has 0 bridgehead atoms. The molecule has 0 aliphatic heterocycles. The number of hydrogen-bond donors (Lipinski definition) is 5. The van der Waals surface area contributed by atoms with E-state index < -0.39 is 25.0 Å². The van der Waals surface area contributed by atoms with E-state index in [4.69, 9.17) is 26.2 Å². The van der Waals surface area contributed by atoms with Gasteiger partial charge in [-0.25, -0.2) is 0 Å². The van der Waals surface area contributed by atoms with Crippen LogP contribution in [0.15, 0.2) is 0 Å². The molecule has 0 saturated carbocycles. The van der Waals surface area contributed by atoms with E-state index in [0.29, 0.717) is 0 Å². The first kappa shape index (κ1) is 8.80. The lowest BCUT2D eigenvalue weighted by atomic mass is 10.1. The van der Waals surface area contributed by atoms with Crippen LogP contribution in [-0.2, 0) is 0 Å². The molecule has 0 heterocycles. The van der Waals surface area contributed by atoms with Gasteiger partial charge in [-0.2, -0.15) is 0 Å². The largest absolute Gasteiger partial charge is 0.394 e. The molecule has 0 spiro atoms. The van der Waals surface area contributed by atoms with Crippen molar-refractivity contribution in [1.82, 2.24) is 0 Å². The smallest absolute Gasteiger partial charge is 0.165 e. The van der Waals surface area contributed by atoms with Gasteiger partial charge >= 0.3 is 0 Å². The van der Waals surface area contributed by atoms with Gasteiger partial charge in [-0.15, -0.1) is 0 Å². The predicted octanol–water partition coefficient (Wildman–Crippen LogP) is -3.02. The Balaban J connectivity index is 3.80. The molecule has 9 heavy (non-hydrogen) atoms. The van der Waals surface area contributed by atoms with Gasteiger partial charge in [0.25, 0.3) is 0 Å². The molecular formula is C4H11NO4. The van der Waals surface area contributed by atoms with E-state index in [1.165, 1.54) is 0 Å². The molecule has 0 rings (SSSR count). The lowest BCUT2D eigenvalue weighted by Gasteiger charge is -2.24. The highest BCUT2D eigenvalue weighted by atomic mass is 16.4. The predicted molar refractivity (Wildman–Crippen MR) is 29.3 cm³/mol. The fraction of sp³-hybridized carbons (Fsp3) is 1.00. The zero-order valence-corrected chi connectivity index (χ0v) is 4.86. The van der Waals surface area contributed by atoms with Crippen molar-refractivity contribution in [1.29, 1.82) is 0 Å². The third-order valence-electron chi connectivity index (χ3n) is 1.00. The van der Waals surface area contributed by atoms with Crippen molar-refractivity contribution in [3.63, 3.8) is 0 Å². The van der Waals surface area contributed by atoms with Crippen molar-refractivity contribution in [2.24, 2.45) is 5.73 Å². The first-order chi connectivity index (χ1) is 4.04. The standard InChI is InChI=1S/C4H11NO4/c5-4(9,2-7)3(8)1-6/h3,6-9H,1-2,5H2. The fourth-order valence-corrected chi connectivity index (χ4v) is 0.263. The van der Waals surface area contributed by atoms with E-state index in [0.717, 1.165) is 0 Å². The van der Waals surface area contributed by atoms with E-state index in [1.54, 1.807) is 0 Å². The van der Waals surface area contributed by atoms with Gasteiger partial charge in [0.1, 0.15) is 6.10 Å². The molecule has 0 aromatic carbocycles. The lowest BCUT2D eigenvalue weighted by Crippen LogP contribution is -2.55. The molecule has 0 fully saturated rings. The topological polar surface area (TPSA) is 107 Å². The van der Waals surface area contributed by atoms with Gasteiger partial charge in [0.2, 0.25) is 0 Å². The molecule has 0 amide bonds. The van der Waals surface area contributed by atoms with Gasteiger partial charge in [0, 0.05) is 0 Å². The van der Waals surface area contributed by atoms with E-state index in [1.807, 2.05) is 0 Å². The van der Waals surface area contributed by atoms with Crippen molar-refractivity contribution < 1.29 is 20.4 Å². The molecule has 0 aliphatic rings. The molecule has 0 aliphatic carbocycles. The van der Waals surface area contributed by atoms with Crippen LogP contribution in [0.2, 0.25) is 0 Å². The first-order valence-corrected chi connectivity index (χ1v) is 2.45. The van der Waals surface area contributed by atoms with Crippen LogP contribution < -0.4 is 5.73 Å². The summed E-state index contributed by atoms with van der Waals surface area (Å²) in [5.74, 6) is 0. The summed E-state index contributed by atoms with van der Waals surface area (Å²) in [7, 11) is 0. The molecule has 2 unspecified atom stereocenters. The molecule has 0 aromatic heterocycles. The SMILES string of the molecule is NC(O)(CO)C(O)CO. The minimum atomic E-state index is -2.09. The number of rotatable bonds is 3. The maximum Gasteiger partial charge on any atom is 0.165 e. The Hall–Kier alpha value is -0.200.